The van der Waals surface area contributed by atoms with Crippen LogP contribution in [0.3, 0.4) is 0 Å². The molecule has 0 spiro atoms. The van der Waals surface area contributed by atoms with Crippen molar-refractivity contribution < 1.29 is 18.9 Å². The molecule has 0 amide bonds. The Morgan fingerprint density at radius 2 is 1.79 bits per heavy atom. The van der Waals surface area contributed by atoms with E-state index in [9.17, 15) is 0 Å². The van der Waals surface area contributed by atoms with Crippen molar-refractivity contribution in [2.75, 3.05) is 27.6 Å². The highest BCUT2D eigenvalue weighted by Gasteiger charge is 2.08. The van der Waals surface area contributed by atoms with Crippen LogP contribution in [0.15, 0.2) is 11.7 Å². The molecule has 14 heavy (non-hydrogen) atoms. The van der Waals surface area contributed by atoms with Crippen LogP contribution in [-0.4, -0.2) is 27.6 Å². The van der Waals surface area contributed by atoms with Gasteiger partial charge in [0.15, 0.2) is 12.6 Å². The molecule has 0 aliphatic rings. The van der Waals surface area contributed by atoms with Gasteiger partial charge in [-0.15, -0.1) is 0 Å². The van der Waals surface area contributed by atoms with Crippen molar-refractivity contribution in [2.24, 2.45) is 0 Å². The number of hydrogen-bond acceptors (Lipinski definition) is 4. The standard InChI is InChI=1S/C10H20O4/c1-5-7-9(11-3)10(12-4)14-8-13-6-2/h5-8H2,1-4H3. The highest BCUT2D eigenvalue weighted by atomic mass is 16.7. The molecule has 0 aromatic rings. The second kappa shape index (κ2) is 8.69. The fourth-order valence-corrected chi connectivity index (χ4v) is 0.946. The van der Waals surface area contributed by atoms with Crippen molar-refractivity contribution in [3.8, 4) is 0 Å². The first-order chi connectivity index (χ1) is 6.79. The lowest BCUT2D eigenvalue weighted by molar-refractivity contribution is -0.0706. The molecule has 84 valence electrons. The summed E-state index contributed by atoms with van der Waals surface area (Å²) >= 11 is 0. The van der Waals surface area contributed by atoms with Crippen LogP contribution in [0.25, 0.3) is 0 Å². The lowest BCUT2D eigenvalue weighted by atomic mass is 10.3. The van der Waals surface area contributed by atoms with Gasteiger partial charge < -0.3 is 18.9 Å². The van der Waals surface area contributed by atoms with Crippen LogP contribution in [0.5, 0.6) is 0 Å². The average molecular weight is 204 g/mol. The summed E-state index contributed by atoms with van der Waals surface area (Å²) in [4.78, 5) is 0. The van der Waals surface area contributed by atoms with E-state index in [-0.39, 0.29) is 6.79 Å². The second-order valence-corrected chi connectivity index (χ2v) is 2.62. The lowest BCUT2D eigenvalue weighted by Gasteiger charge is -2.13. The summed E-state index contributed by atoms with van der Waals surface area (Å²) in [5, 5.41) is 0. The van der Waals surface area contributed by atoms with Crippen molar-refractivity contribution in [3.63, 3.8) is 0 Å². The van der Waals surface area contributed by atoms with E-state index in [4.69, 9.17) is 18.9 Å². The van der Waals surface area contributed by atoms with Crippen LogP contribution in [0.4, 0.5) is 0 Å². The predicted molar refractivity (Wildman–Crippen MR) is 53.5 cm³/mol. The van der Waals surface area contributed by atoms with Gasteiger partial charge in [0.2, 0.25) is 0 Å². The van der Waals surface area contributed by atoms with Crippen LogP contribution in [0.1, 0.15) is 26.7 Å². The molecule has 0 bridgehead atoms. The van der Waals surface area contributed by atoms with Gasteiger partial charge >= 0.3 is 5.95 Å². The van der Waals surface area contributed by atoms with Crippen molar-refractivity contribution >= 4 is 0 Å². The van der Waals surface area contributed by atoms with E-state index >= 15 is 0 Å². The summed E-state index contributed by atoms with van der Waals surface area (Å²) in [5.41, 5.74) is 0. The molecule has 0 N–H and O–H groups in total. The third-order valence-corrected chi connectivity index (χ3v) is 1.61. The minimum Gasteiger partial charge on any atom is -0.494 e. The molecule has 0 heterocycles. The predicted octanol–water partition coefficient (Wildman–Crippen LogP) is 2.26. The molecule has 0 aliphatic heterocycles. The first kappa shape index (κ1) is 13.1. The van der Waals surface area contributed by atoms with Gasteiger partial charge in [0, 0.05) is 13.0 Å². The minimum absolute atomic E-state index is 0.191. The molecule has 0 saturated carbocycles. The van der Waals surface area contributed by atoms with Gasteiger partial charge in [0.1, 0.15) is 0 Å². The molecule has 0 aromatic carbocycles. The Balaban J connectivity index is 4.15. The molecule has 0 aliphatic carbocycles. The zero-order chi connectivity index (χ0) is 10.8. The molecule has 0 aromatic heterocycles. The zero-order valence-corrected chi connectivity index (χ0v) is 9.46. The number of methoxy groups -OCH3 is 2. The lowest BCUT2D eigenvalue weighted by Crippen LogP contribution is -2.05. The molecule has 0 rings (SSSR count). The van der Waals surface area contributed by atoms with Crippen molar-refractivity contribution in [3.05, 3.63) is 11.7 Å². The Labute approximate surface area is 85.8 Å². The van der Waals surface area contributed by atoms with Gasteiger partial charge in [-0.05, 0) is 13.3 Å². The van der Waals surface area contributed by atoms with Gasteiger partial charge in [0.05, 0.1) is 14.2 Å². The van der Waals surface area contributed by atoms with Gasteiger partial charge in [-0.1, -0.05) is 6.92 Å². The van der Waals surface area contributed by atoms with E-state index in [2.05, 4.69) is 6.92 Å². The third-order valence-electron chi connectivity index (χ3n) is 1.61. The van der Waals surface area contributed by atoms with Gasteiger partial charge in [0.25, 0.3) is 0 Å². The van der Waals surface area contributed by atoms with Crippen LogP contribution >= 0.6 is 0 Å². The molecule has 0 radical (unpaired) electrons. The van der Waals surface area contributed by atoms with Crippen LogP contribution in [-0.2, 0) is 18.9 Å². The topological polar surface area (TPSA) is 36.9 Å². The highest BCUT2D eigenvalue weighted by molar-refractivity contribution is 4.94. The smallest absolute Gasteiger partial charge is 0.320 e. The summed E-state index contributed by atoms with van der Waals surface area (Å²) in [6, 6.07) is 0. The van der Waals surface area contributed by atoms with E-state index in [1.165, 1.54) is 0 Å². The normalized spacial score (nSPS) is 12.0. The van der Waals surface area contributed by atoms with E-state index in [1.807, 2.05) is 6.92 Å². The zero-order valence-electron chi connectivity index (χ0n) is 9.46. The molecular weight excluding hydrogens is 184 g/mol. The van der Waals surface area contributed by atoms with Crippen molar-refractivity contribution in [1.29, 1.82) is 0 Å². The van der Waals surface area contributed by atoms with Gasteiger partial charge in [-0.3, -0.25) is 0 Å². The maximum Gasteiger partial charge on any atom is 0.320 e. The largest absolute Gasteiger partial charge is 0.494 e. The third kappa shape index (κ3) is 4.97. The molecule has 0 atom stereocenters. The fraction of sp³-hybridized carbons (Fsp3) is 0.800. The molecule has 0 saturated heterocycles. The fourth-order valence-electron chi connectivity index (χ4n) is 0.946. The van der Waals surface area contributed by atoms with Crippen LogP contribution < -0.4 is 0 Å². The summed E-state index contributed by atoms with van der Waals surface area (Å²) in [6.07, 6.45) is 1.78. The number of ether oxygens (including phenoxy) is 4. The Kier molecular flexibility index (Phi) is 8.13. The van der Waals surface area contributed by atoms with E-state index in [1.54, 1.807) is 14.2 Å². The summed E-state index contributed by atoms with van der Waals surface area (Å²) in [5.74, 6) is 1.12. The second-order valence-electron chi connectivity index (χ2n) is 2.62. The molecular formula is C10H20O4. The van der Waals surface area contributed by atoms with Crippen molar-refractivity contribution in [1.82, 2.24) is 0 Å². The number of rotatable bonds is 8. The SMILES string of the molecule is CCCC(OC)=C(OC)OCOCC. The number of hydrogen-bond donors (Lipinski definition) is 0. The Bertz CT molecular complexity index is 166. The van der Waals surface area contributed by atoms with Crippen molar-refractivity contribution in [2.45, 2.75) is 26.7 Å². The molecule has 4 heteroatoms. The Morgan fingerprint density at radius 3 is 2.21 bits per heavy atom. The van der Waals surface area contributed by atoms with E-state index in [0.717, 1.165) is 18.6 Å². The van der Waals surface area contributed by atoms with Gasteiger partial charge in [-0.25, -0.2) is 0 Å². The average Bonchev–Trinajstić information content (AvgIpc) is 2.22. The highest BCUT2D eigenvalue weighted by Crippen LogP contribution is 2.13. The molecule has 0 fully saturated rings. The Hall–Kier alpha value is -0.900. The first-order valence-corrected chi connectivity index (χ1v) is 4.81. The summed E-state index contributed by atoms with van der Waals surface area (Å²) in [7, 11) is 3.16. The van der Waals surface area contributed by atoms with Crippen LogP contribution in [0, 0.1) is 0 Å². The first-order valence-electron chi connectivity index (χ1n) is 4.81. The number of allylic oxidation sites excluding steroid dienone is 1. The van der Waals surface area contributed by atoms with E-state index in [0.29, 0.717) is 12.6 Å². The maximum atomic E-state index is 5.25. The minimum atomic E-state index is 0.191. The van der Waals surface area contributed by atoms with E-state index < -0.39 is 0 Å². The van der Waals surface area contributed by atoms with Gasteiger partial charge in [-0.2, -0.15) is 0 Å². The monoisotopic (exact) mass is 204 g/mol. The van der Waals surface area contributed by atoms with Crippen LogP contribution in [0.2, 0.25) is 0 Å². The summed E-state index contributed by atoms with van der Waals surface area (Å²) < 4.78 is 20.5. The molecule has 4 nitrogen and oxygen atoms in total. The molecule has 0 unspecified atom stereocenters. The Morgan fingerprint density at radius 1 is 1.07 bits per heavy atom. The quantitative estimate of drug-likeness (QED) is 0.345. The summed E-state index contributed by atoms with van der Waals surface area (Å²) in [6.45, 7) is 4.78. The maximum absolute atomic E-state index is 5.25.